The molecule has 1 aliphatic rings. The van der Waals surface area contributed by atoms with Gasteiger partial charge in [0.25, 0.3) is 0 Å². The highest BCUT2D eigenvalue weighted by Gasteiger charge is 2.35. The van der Waals surface area contributed by atoms with Gasteiger partial charge in [-0.2, -0.15) is 0 Å². The first-order chi connectivity index (χ1) is 8.55. The Bertz CT molecular complexity index is 406. The van der Waals surface area contributed by atoms with Crippen molar-refractivity contribution in [3.8, 4) is 0 Å². The molecule has 1 aromatic rings. The summed E-state index contributed by atoms with van der Waals surface area (Å²) in [6.07, 6.45) is 5.23. The molecule has 0 saturated heterocycles. The molecular formula is C15H25N3. The van der Waals surface area contributed by atoms with Gasteiger partial charge in [-0.3, -0.25) is 0 Å². The molecule has 3 N–H and O–H groups in total. The number of rotatable bonds is 4. The van der Waals surface area contributed by atoms with Crippen molar-refractivity contribution in [2.45, 2.75) is 38.1 Å². The molecule has 3 heteroatoms. The number of hydrogen-bond acceptors (Lipinski definition) is 3. The van der Waals surface area contributed by atoms with Gasteiger partial charge in [0.1, 0.15) is 0 Å². The lowest BCUT2D eigenvalue weighted by atomic mass is 9.96. The van der Waals surface area contributed by atoms with Crippen LogP contribution in [0.1, 0.15) is 31.2 Å². The van der Waals surface area contributed by atoms with Crippen LogP contribution < -0.4 is 11.1 Å². The average molecular weight is 247 g/mol. The lowest BCUT2D eigenvalue weighted by molar-refractivity contribution is 0.172. The van der Waals surface area contributed by atoms with Crippen LogP contribution >= 0.6 is 0 Å². The molecule has 0 spiro atoms. The highest BCUT2D eigenvalue weighted by molar-refractivity contribution is 5.69. The van der Waals surface area contributed by atoms with Crippen molar-refractivity contribution < 1.29 is 0 Å². The summed E-state index contributed by atoms with van der Waals surface area (Å²) in [6, 6.07) is 6.18. The molecule has 0 heterocycles. The van der Waals surface area contributed by atoms with Gasteiger partial charge < -0.3 is 16.0 Å². The molecule has 0 atom stereocenters. The fraction of sp³-hybridized carbons (Fsp3) is 0.600. The Morgan fingerprint density at radius 3 is 2.56 bits per heavy atom. The summed E-state index contributed by atoms with van der Waals surface area (Å²) >= 11 is 0. The van der Waals surface area contributed by atoms with Gasteiger partial charge in [-0.25, -0.2) is 0 Å². The molecule has 1 saturated carbocycles. The van der Waals surface area contributed by atoms with Crippen LogP contribution in [0.2, 0.25) is 0 Å². The molecule has 1 aliphatic carbocycles. The maximum absolute atomic E-state index is 6.11. The summed E-state index contributed by atoms with van der Waals surface area (Å²) in [7, 11) is 4.37. The van der Waals surface area contributed by atoms with Gasteiger partial charge in [0, 0.05) is 12.1 Å². The van der Waals surface area contributed by atoms with Crippen molar-refractivity contribution in [1.82, 2.24) is 4.90 Å². The van der Waals surface area contributed by atoms with Crippen LogP contribution in [-0.2, 0) is 0 Å². The van der Waals surface area contributed by atoms with E-state index in [0.717, 1.165) is 23.5 Å². The van der Waals surface area contributed by atoms with Gasteiger partial charge in [-0.05, 0) is 45.5 Å². The molecule has 1 fully saturated rings. The number of nitrogens with zero attached hydrogens (tertiary/aromatic N) is 1. The van der Waals surface area contributed by atoms with E-state index in [4.69, 9.17) is 5.73 Å². The Morgan fingerprint density at radius 2 is 1.94 bits per heavy atom. The zero-order valence-electron chi connectivity index (χ0n) is 11.8. The van der Waals surface area contributed by atoms with E-state index in [1.165, 1.54) is 25.7 Å². The summed E-state index contributed by atoms with van der Waals surface area (Å²) in [5.74, 6) is 0. The summed E-state index contributed by atoms with van der Waals surface area (Å²) < 4.78 is 0. The molecule has 1 aromatic carbocycles. The molecule has 0 aromatic heterocycles. The molecule has 0 aliphatic heterocycles. The van der Waals surface area contributed by atoms with Crippen LogP contribution in [0.5, 0.6) is 0 Å². The Labute approximate surface area is 110 Å². The number of likely N-dealkylation sites (N-methyl/N-ethyl adjacent to an activating group) is 1. The van der Waals surface area contributed by atoms with E-state index < -0.39 is 0 Å². The van der Waals surface area contributed by atoms with Crippen molar-refractivity contribution in [1.29, 1.82) is 0 Å². The molecule has 0 bridgehead atoms. The van der Waals surface area contributed by atoms with Gasteiger partial charge in [0.15, 0.2) is 0 Å². The van der Waals surface area contributed by atoms with E-state index in [1.807, 2.05) is 0 Å². The molecule has 0 amide bonds. The lowest BCUT2D eigenvalue weighted by Crippen LogP contribution is -2.47. The lowest BCUT2D eigenvalue weighted by Gasteiger charge is -2.37. The van der Waals surface area contributed by atoms with E-state index in [0.29, 0.717) is 5.54 Å². The van der Waals surface area contributed by atoms with Crippen molar-refractivity contribution in [3.63, 3.8) is 0 Å². The molecule has 2 rings (SSSR count). The molecule has 0 radical (unpaired) electrons. The number of nitrogen functional groups attached to an aromatic ring is 1. The zero-order chi connectivity index (χ0) is 13.2. The van der Waals surface area contributed by atoms with Gasteiger partial charge in [0.2, 0.25) is 0 Å². The van der Waals surface area contributed by atoms with E-state index in [2.05, 4.69) is 49.4 Å². The molecule has 100 valence electrons. The van der Waals surface area contributed by atoms with E-state index in [-0.39, 0.29) is 0 Å². The highest BCUT2D eigenvalue weighted by atomic mass is 15.2. The van der Waals surface area contributed by atoms with Gasteiger partial charge in [-0.15, -0.1) is 0 Å². The summed E-state index contributed by atoms with van der Waals surface area (Å²) in [4.78, 5) is 2.37. The smallest absolute Gasteiger partial charge is 0.0579 e. The number of benzene rings is 1. The normalized spacial score (nSPS) is 18.2. The summed E-state index contributed by atoms with van der Waals surface area (Å²) in [5.41, 5.74) is 9.51. The van der Waals surface area contributed by atoms with Crippen molar-refractivity contribution >= 4 is 11.4 Å². The standard InChI is InChI=1S/C15H25N3/c1-12-7-6-8-13(14(12)16)17-11-15(18(2)3)9-4-5-10-15/h6-8,17H,4-5,9-11,16H2,1-3H3. The molecule has 18 heavy (non-hydrogen) atoms. The number of para-hydroxylation sites is 1. The van der Waals surface area contributed by atoms with Crippen molar-refractivity contribution in [2.24, 2.45) is 0 Å². The maximum Gasteiger partial charge on any atom is 0.0579 e. The predicted molar refractivity (Wildman–Crippen MR) is 79.0 cm³/mol. The molecule has 3 nitrogen and oxygen atoms in total. The van der Waals surface area contributed by atoms with Crippen LogP contribution in [-0.4, -0.2) is 31.1 Å². The minimum absolute atomic E-state index is 0.302. The number of hydrogen-bond donors (Lipinski definition) is 2. The fourth-order valence-corrected chi connectivity index (χ4v) is 2.91. The van der Waals surface area contributed by atoms with Gasteiger partial charge >= 0.3 is 0 Å². The number of nitrogens with two attached hydrogens (primary N) is 1. The predicted octanol–water partition coefficient (Wildman–Crippen LogP) is 2.86. The third kappa shape index (κ3) is 2.46. The number of anilines is 2. The SMILES string of the molecule is Cc1cccc(NCC2(N(C)C)CCCC2)c1N. The maximum atomic E-state index is 6.11. The van der Waals surface area contributed by atoms with Crippen LogP contribution in [0.4, 0.5) is 11.4 Å². The second-order valence-electron chi connectivity index (χ2n) is 5.72. The Kier molecular flexibility index (Phi) is 3.81. The van der Waals surface area contributed by atoms with Gasteiger partial charge in [0.05, 0.1) is 11.4 Å². The highest BCUT2D eigenvalue weighted by Crippen LogP contribution is 2.34. The van der Waals surface area contributed by atoms with Crippen LogP contribution in [0.25, 0.3) is 0 Å². The topological polar surface area (TPSA) is 41.3 Å². The third-order valence-corrected chi connectivity index (χ3v) is 4.41. The third-order valence-electron chi connectivity index (χ3n) is 4.41. The average Bonchev–Trinajstić information content (AvgIpc) is 2.81. The van der Waals surface area contributed by atoms with Crippen molar-refractivity contribution in [2.75, 3.05) is 31.7 Å². The first-order valence-corrected chi connectivity index (χ1v) is 6.81. The second kappa shape index (κ2) is 5.19. The first-order valence-electron chi connectivity index (χ1n) is 6.81. The molecular weight excluding hydrogens is 222 g/mol. The largest absolute Gasteiger partial charge is 0.397 e. The zero-order valence-corrected chi connectivity index (χ0v) is 11.8. The van der Waals surface area contributed by atoms with Gasteiger partial charge in [-0.1, -0.05) is 25.0 Å². The van der Waals surface area contributed by atoms with Crippen LogP contribution in [0.3, 0.4) is 0 Å². The Hall–Kier alpha value is -1.22. The number of nitrogens with one attached hydrogen (secondary N) is 1. The number of aryl methyl sites for hydroxylation is 1. The first kappa shape index (κ1) is 13.2. The minimum atomic E-state index is 0.302. The minimum Gasteiger partial charge on any atom is -0.397 e. The van der Waals surface area contributed by atoms with Crippen LogP contribution in [0, 0.1) is 6.92 Å². The van der Waals surface area contributed by atoms with Crippen molar-refractivity contribution in [3.05, 3.63) is 23.8 Å². The molecule has 0 unspecified atom stereocenters. The Balaban J connectivity index is 2.08. The summed E-state index contributed by atoms with van der Waals surface area (Å²) in [6.45, 7) is 3.03. The van der Waals surface area contributed by atoms with E-state index in [9.17, 15) is 0 Å². The summed E-state index contributed by atoms with van der Waals surface area (Å²) in [5, 5.41) is 3.55. The van der Waals surface area contributed by atoms with Crippen LogP contribution in [0.15, 0.2) is 18.2 Å². The second-order valence-corrected chi connectivity index (χ2v) is 5.72. The Morgan fingerprint density at radius 1 is 1.28 bits per heavy atom. The van der Waals surface area contributed by atoms with E-state index >= 15 is 0 Å². The quantitative estimate of drug-likeness (QED) is 0.804. The fourth-order valence-electron chi connectivity index (χ4n) is 2.91. The monoisotopic (exact) mass is 247 g/mol. The van der Waals surface area contributed by atoms with E-state index in [1.54, 1.807) is 0 Å².